The predicted octanol–water partition coefficient (Wildman–Crippen LogP) is 1.88. The van der Waals surface area contributed by atoms with Crippen LogP contribution in [0.25, 0.3) is 0 Å². The summed E-state index contributed by atoms with van der Waals surface area (Å²) in [4.78, 5) is 43.3. The molecule has 0 radical (unpaired) electrons. The average molecular weight is 389 g/mol. The van der Waals surface area contributed by atoms with Gasteiger partial charge in [-0.1, -0.05) is 26.8 Å². The van der Waals surface area contributed by atoms with Crippen LogP contribution in [0.15, 0.2) is 24.5 Å². The summed E-state index contributed by atoms with van der Waals surface area (Å²) in [5.74, 6) is -1.53. The highest BCUT2D eigenvalue weighted by molar-refractivity contribution is 6.38. The van der Waals surface area contributed by atoms with E-state index in [0.717, 1.165) is 5.56 Å². The summed E-state index contributed by atoms with van der Waals surface area (Å²) in [7, 11) is 0. The maximum atomic E-state index is 12.7. The van der Waals surface area contributed by atoms with E-state index in [1.165, 1.54) is 4.90 Å². The minimum Gasteiger partial charge on any atom is -0.459 e. The molecular formula is C21H31N3O4. The predicted molar refractivity (Wildman–Crippen MR) is 105 cm³/mol. The van der Waals surface area contributed by atoms with Crippen molar-refractivity contribution in [2.45, 2.75) is 65.0 Å². The lowest BCUT2D eigenvalue weighted by molar-refractivity contribution is -0.160. The number of carbonyl (C=O) groups is 3. The molecule has 7 nitrogen and oxygen atoms in total. The Morgan fingerprint density at radius 1 is 1.39 bits per heavy atom. The van der Waals surface area contributed by atoms with Crippen LogP contribution in [-0.4, -0.2) is 52.8 Å². The van der Waals surface area contributed by atoms with E-state index in [-0.39, 0.29) is 6.54 Å². The van der Waals surface area contributed by atoms with Crippen LogP contribution in [0.2, 0.25) is 0 Å². The lowest BCUT2D eigenvalue weighted by Gasteiger charge is -2.28. The number of ether oxygens (including phenoxy) is 1. The maximum absolute atomic E-state index is 12.7. The molecule has 2 rings (SSSR count). The van der Waals surface area contributed by atoms with E-state index >= 15 is 0 Å². The monoisotopic (exact) mass is 389 g/mol. The third kappa shape index (κ3) is 5.38. The first-order valence-corrected chi connectivity index (χ1v) is 9.95. The zero-order chi connectivity index (χ0) is 20.7. The van der Waals surface area contributed by atoms with Crippen LogP contribution in [0.4, 0.5) is 0 Å². The molecule has 28 heavy (non-hydrogen) atoms. The van der Waals surface area contributed by atoms with Gasteiger partial charge in [-0.15, -0.1) is 0 Å². The summed E-state index contributed by atoms with van der Waals surface area (Å²) in [5, 5.41) is 0. The van der Waals surface area contributed by atoms with Crippen molar-refractivity contribution in [1.29, 1.82) is 0 Å². The molecule has 1 amide bonds. The van der Waals surface area contributed by atoms with Gasteiger partial charge < -0.3 is 15.4 Å². The molecular weight excluding hydrogens is 358 g/mol. The molecule has 0 bridgehead atoms. The molecule has 0 spiro atoms. The summed E-state index contributed by atoms with van der Waals surface area (Å²) < 4.78 is 5.59. The number of aryl methyl sites for hydroxylation is 1. The summed E-state index contributed by atoms with van der Waals surface area (Å²) in [6, 6.07) is 3.10. The Morgan fingerprint density at radius 3 is 2.75 bits per heavy atom. The van der Waals surface area contributed by atoms with Gasteiger partial charge in [0.15, 0.2) is 0 Å². The SMILES string of the molecule is CCC(C)(C)C(=O)C(=O)N1CCC[C@H]1C(=O)O[C@@H](CN)CCc1cccnc1. The standard InChI is InChI=1S/C21H31N3O4/c1-4-21(2,3)18(25)19(26)24-12-6-8-17(24)20(27)28-16(13-22)10-9-15-7-5-11-23-14-15/h5,7,11,14,16-17H,4,6,8-10,12-13,22H2,1-3H3/t16-,17+/m1/s1. The molecule has 2 atom stereocenters. The number of ketones is 1. The van der Waals surface area contributed by atoms with E-state index in [2.05, 4.69) is 4.98 Å². The highest BCUT2D eigenvalue weighted by Crippen LogP contribution is 2.26. The molecule has 7 heteroatoms. The molecule has 0 saturated carbocycles. The van der Waals surface area contributed by atoms with Crippen molar-refractivity contribution >= 4 is 17.7 Å². The molecule has 2 N–H and O–H groups in total. The van der Waals surface area contributed by atoms with Gasteiger partial charge in [0.25, 0.3) is 5.91 Å². The number of amides is 1. The molecule has 1 aliphatic heterocycles. The molecule has 1 fully saturated rings. The second-order valence-corrected chi connectivity index (χ2v) is 7.92. The summed E-state index contributed by atoms with van der Waals surface area (Å²) in [5.41, 5.74) is 6.08. The van der Waals surface area contributed by atoms with Gasteiger partial charge in [0.05, 0.1) is 0 Å². The number of esters is 1. The fourth-order valence-electron chi connectivity index (χ4n) is 3.18. The number of nitrogens with two attached hydrogens (primary N) is 1. The Kier molecular flexibility index (Phi) is 7.69. The van der Waals surface area contributed by atoms with Crippen molar-refractivity contribution in [1.82, 2.24) is 9.88 Å². The zero-order valence-electron chi connectivity index (χ0n) is 17.0. The number of Topliss-reactive ketones (excluding diaryl/α,β-unsaturated/α-hetero) is 1. The largest absolute Gasteiger partial charge is 0.459 e. The van der Waals surface area contributed by atoms with Crippen LogP contribution in [0.5, 0.6) is 0 Å². The first-order chi connectivity index (χ1) is 13.3. The molecule has 1 aromatic heterocycles. The first kappa shape index (κ1) is 22.0. The fraction of sp³-hybridized carbons (Fsp3) is 0.619. The van der Waals surface area contributed by atoms with E-state index in [1.54, 1.807) is 26.2 Å². The molecule has 0 unspecified atom stereocenters. The molecule has 154 valence electrons. The van der Waals surface area contributed by atoms with Crippen molar-refractivity contribution in [2.75, 3.05) is 13.1 Å². The van der Waals surface area contributed by atoms with Crippen molar-refractivity contribution in [2.24, 2.45) is 11.1 Å². The van der Waals surface area contributed by atoms with E-state index in [1.807, 2.05) is 19.1 Å². The number of aromatic nitrogens is 1. The van der Waals surface area contributed by atoms with Gasteiger partial charge in [-0.25, -0.2) is 4.79 Å². The highest BCUT2D eigenvalue weighted by Gasteiger charge is 2.42. The molecule has 0 aromatic carbocycles. The summed E-state index contributed by atoms with van der Waals surface area (Å²) >= 11 is 0. The van der Waals surface area contributed by atoms with Gasteiger partial charge in [0.1, 0.15) is 12.1 Å². The molecule has 0 aliphatic carbocycles. The first-order valence-electron chi connectivity index (χ1n) is 9.95. The van der Waals surface area contributed by atoms with Crippen LogP contribution in [0, 0.1) is 5.41 Å². The van der Waals surface area contributed by atoms with Gasteiger partial charge in [-0.2, -0.15) is 0 Å². The average Bonchev–Trinajstić information content (AvgIpc) is 3.20. The van der Waals surface area contributed by atoms with Crippen molar-refractivity contribution < 1.29 is 19.1 Å². The van der Waals surface area contributed by atoms with E-state index in [0.29, 0.717) is 38.6 Å². The van der Waals surface area contributed by atoms with Gasteiger partial charge in [0, 0.05) is 30.9 Å². The minimum absolute atomic E-state index is 0.203. The molecule has 1 aliphatic rings. The number of likely N-dealkylation sites (tertiary alicyclic amines) is 1. The minimum atomic E-state index is -0.738. The number of nitrogens with zero attached hydrogens (tertiary/aromatic N) is 2. The zero-order valence-corrected chi connectivity index (χ0v) is 17.0. The number of carbonyl (C=O) groups excluding carboxylic acids is 3. The number of hydrogen-bond acceptors (Lipinski definition) is 6. The normalized spacial score (nSPS) is 18.0. The second kappa shape index (κ2) is 9.78. The Balaban J connectivity index is 1.97. The van der Waals surface area contributed by atoms with Gasteiger partial charge in [0.2, 0.25) is 5.78 Å². The smallest absolute Gasteiger partial charge is 0.329 e. The van der Waals surface area contributed by atoms with Crippen LogP contribution >= 0.6 is 0 Å². The molecule has 1 aromatic rings. The van der Waals surface area contributed by atoms with Crippen molar-refractivity contribution in [3.05, 3.63) is 30.1 Å². The van der Waals surface area contributed by atoms with Crippen LogP contribution < -0.4 is 5.73 Å². The summed E-state index contributed by atoms with van der Waals surface area (Å²) in [6.07, 6.45) is 6.05. The van der Waals surface area contributed by atoms with Crippen LogP contribution in [0.3, 0.4) is 0 Å². The van der Waals surface area contributed by atoms with Crippen LogP contribution in [0.1, 0.15) is 52.0 Å². The van der Waals surface area contributed by atoms with Gasteiger partial charge in [-0.3, -0.25) is 14.6 Å². The third-order valence-electron chi connectivity index (χ3n) is 5.50. The fourth-order valence-corrected chi connectivity index (χ4v) is 3.18. The molecule has 1 saturated heterocycles. The quantitative estimate of drug-likeness (QED) is 0.511. The molecule has 2 heterocycles. The van der Waals surface area contributed by atoms with Gasteiger partial charge in [-0.05, 0) is 43.7 Å². The topological polar surface area (TPSA) is 103 Å². The summed E-state index contributed by atoms with van der Waals surface area (Å²) in [6.45, 7) is 5.97. The Bertz CT molecular complexity index is 690. The van der Waals surface area contributed by atoms with E-state index < -0.39 is 35.2 Å². The number of hydrogen-bond donors (Lipinski definition) is 1. The Hall–Kier alpha value is -2.28. The Labute approximate surface area is 166 Å². The third-order valence-corrected chi connectivity index (χ3v) is 5.50. The lowest BCUT2D eigenvalue weighted by atomic mass is 9.84. The van der Waals surface area contributed by atoms with Gasteiger partial charge >= 0.3 is 5.97 Å². The number of rotatable bonds is 9. The van der Waals surface area contributed by atoms with Crippen LogP contribution in [-0.2, 0) is 25.5 Å². The van der Waals surface area contributed by atoms with Crippen molar-refractivity contribution in [3.63, 3.8) is 0 Å². The maximum Gasteiger partial charge on any atom is 0.329 e. The van der Waals surface area contributed by atoms with E-state index in [9.17, 15) is 14.4 Å². The van der Waals surface area contributed by atoms with E-state index in [4.69, 9.17) is 10.5 Å². The highest BCUT2D eigenvalue weighted by atomic mass is 16.5. The van der Waals surface area contributed by atoms with Crippen molar-refractivity contribution in [3.8, 4) is 0 Å². The lowest BCUT2D eigenvalue weighted by Crippen LogP contribution is -2.48. The second-order valence-electron chi connectivity index (χ2n) is 7.92. The Morgan fingerprint density at radius 2 is 2.14 bits per heavy atom. The number of pyridine rings is 1.